The second-order valence-electron chi connectivity index (χ2n) is 4.35. The van der Waals surface area contributed by atoms with Gasteiger partial charge in [0.2, 0.25) is 0 Å². The first-order chi connectivity index (χ1) is 7.72. The molecule has 0 unspecified atom stereocenters. The molecule has 0 aromatic carbocycles. The zero-order valence-electron chi connectivity index (χ0n) is 10.4. The summed E-state index contributed by atoms with van der Waals surface area (Å²) < 4.78 is 0. The van der Waals surface area contributed by atoms with Crippen LogP contribution in [-0.2, 0) is 6.42 Å². The van der Waals surface area contributed by atoms with E-state index in [4.69, 9.17) is 0 Å². The maximum Gasteiger partial charge on any atom is 0.251 e. The minimum atomic E-state index is -0.0338. The van der Waals surface area contributed by atoms with Crippen LogP contribution in [0.3, 0.4) is 0 Å². The highest BCUT2D eigenvalue weighted by Crippen LogP contribution is 2.07. The third-order valence-corrected chi connectivity index (χ3v) is 2.69. The molecule has 0 saturated heterocycles. The van der Waals surface area contributed by atoms with E-state index in [2.05, 4.69) is 16.9 Å². The highest BCUT2D eigenvalue weighted by Gasteiger charge is 1.98. The maximum absolute atomic E-state index is 11.2. The van der Waals surface area contributed by atoms with Crippen molar-refractivity contribution in [1.29, 1.82) is 0 Å². The van der Waals surface area contributed by atoms with Crippen LogP contribution in [0, 0.1) is 6.92 Å². The Morgan fingerprint density at radius 3 is 2.56 bits per heavy atom. The number of aryl methyl sites for hydroxylation is 2. The van der Waals surface area contributed by atoms with Gasteiger partial charge in [0.05, 0.1) is 0 Å². The van der Waals surface area contributed by atoms with Gasteiger partial charge in [-0.05, 0) is 13.3 Å². The largest absolute Gasteiger partial charge is 0.311 e. The number of aromatic amines is 1. The Hall–Kier alpha value is -1.12. The smallest absolute Gasteiger partial charge is 0.251 e. The molecule has 1 N–H and O–H groups in total. The average molecular weight is 222 g/mol. The van der Waals surface area contributed by atoms with Crippen LogP contribution in [0.4, 0.5) is 0 Å². The Balaban J connectivity index is 2.24. The van der Waals surface area contributed by atoms with E-state index in [9.17, 15) is 4.79 Å². The Morgan fingerprint density at radius 2 is 1.88 bits per heavy atom. The molecule has 3 heteroatoms. The fourth-order valence-corrected chi connectivity index (χ4v) is 1.83. The van der Waals surface area contributed by atoms with E-state index in [1.54, 1.807) is 0 Å². The molecule has 0 aliphatic carbocycles. The van der Waals surface area contributed by atoms with Crippen molar-refractivity contribution < 1.29 is 0 Å². The summed E-state index contributed by atoms with van der Waals surface area (Å²) in [5.74, 6) is 0.834. The highest BCUT2D eigenvalue weighted by atomic mass is 16.1. The molecule has 0 aliphatic heterocycles. The van der Waals surface area contributed by atoms with E-state index in [1.165, 1.54) is 38.2 Å². The van der Waals surface area contributed by atoms with Gasteiger partial charge >= 0.3 is 0 Å². The number of nitrogens with one attached hydrogen (secondary N) is 1. The van der Waals surface area contributed by atoms with Gasteiger partial charge in [-0.3, -0.25) is 4.79 Å². The quantitative estimate of drug-likeness (QED) is 0.721. The lowest BCUT2D eigenvalue weighted by Crippen LogP contribution is -2.11. The topological polar surface area (TPSA) is 45.8 Å². The van der Waals surface area contributed by atoms with Crippen molar-refractivity contribution in [3.05, 3.63) is 27.9 Å². The maximum atomic E-state index is 11.2. The molecule has 0 atom stereocenters. The summed E-state index contributed by atoms with van der Waals surface area (Å²) in [6.45, 7) is 4.08. The number of unbranched alkanes of at least 4 members (excludes halogenated alkanes) is 5. The molecule has 3 nitrogen and oxygen atoms in total. The Labute approximate surface area is 97.3 Å². The Kier molecular flexibility index (Phi) is 5.83. The number of hydrogen-bond acceptors (Lipinski definition) is 2. The molecule has 0 spiro atoms. The zero-order valence-corrected chi connectivity index (χ0v) is 10.4. The minimum absolute atomic E-state index is 0.0338. The first-order valence-electron chi connectivity index (χ1n) is 6.29. The molecule has 16 heavy (non-hydrogen) atoms. The average Bonchev–Trinajstić information content (AvgIpc) is 2.22. The van der Waals surface area contributed by atoms with Crippen LogP contribution in [0.5, 0.6) is 0 Å². The van der Waals surface area contributed by atoms with Crippen LogP contribution in [0.2, 0.25) is 0 Å². The van der Waals surface area contributed by atoms with E-state index in [0.717, 1.165) is 24.4 Å². The SMILES string of the molecule is CCCCCCCCc1nc(C)cc(=O)[nH]1. The molecular formula is C13H22N2O. The van der Waals surface area contributed by atoms with Crippen molar-refractivity contribution in [3.8, 4) is 0 Å². The second kappa shape index (κ2) is 7.20. The number of hydrogen-bond donors (Lipinski definition) is 1. The summed E-state index contributed by atoms with van der Waals surface area (Å²) in [5, 5.41) is 0. The van der Waals surface area contributed by atoms with Crippen LogP contribution in [0.15, 0.2) is 10.9 Å². The lowest BCUT2D eigenvalue weighted by Gasteiger charge is -2.02. The molecule has 1 aromatic rings. The first-order valence-corrected chi connectivity index (χ1v) is 6.29. The fraction of sp³-hybridized carbons (Fsp3) is 0.692. The van der Waals surface area contributed by atoms with Gasteiger partial charge in [-0.1, -0.05) is 39.0 Å². The van der Waals surface area contributed by atoms with Crippen LogP contribution < -0.4 is 5.56 Å². The first kappa shape index (κ1) is 12.9. The fourth-order valence-electron chi connectivity index (χ4n) is 1.83. The van der Waals surface area contributed by atoms with E-state index in [1.807, 2.05) is 6.92 Å². The van der Waals surface area contributed by atoms with Gasteiger partial charge in [-0.25, -0.2) is 4.98 Å². The standard InChI is InChI=1S/C13H22N2O/c1-3-4-5-6-7-8-9-12-14-11(2)10-13(16)15-12/h10H,3-9H2,1-2H3,(H,14,15,16). The zero-order chi connectivity index (χ0) is 11.8. The third kappa shape index (κ3) is 5.10. The summed E-state index contributed by atoms with van der Waals surface area (Å²) >= 11 is 0. The van der Waals surface area contributed by atoms with Crippen molar-refractivity contribution >= 4 is 0 Å². The lowest BCUT2D eigenvalue weighted by molar-refractivity contribution is 0.599. The summed E-state index contributed by atoms with van der Waals surface area (Å²) in [5.41, 5.74) is 0.776. The molecule has 0 saturated carbocycles. The Bertz CT molecular complexity index is 357. The molecule has 90 valence electrons. The molecular weight excluding hydrogens is 200 g/mol. The van der Waals surface area contributed by atoms with Crippen LogP contribution in [0.1, 0.15) is 57.0 Å². The van der Waals surface area contributed by atoms with Crippen LogP contribution in [0.25, 0.3) is 0 Å². The van der Waals surface area contributed by atoms with Crippen LogP contribution >= 0.6 is 0 Å². The van der Waals surface area contributed by atoms with E-state index < -0.39 is 0 Å². The van der Waals surface area contributed by atoms with Gasteiger partial charge in [0.15, 0.2) is 0 Å². The summed E-state index contributed by atoms with van der Waals surface area (Å²) in [7, 11) is 0. The molecule has 0 aliphatic rings. The minimum Gasteiger partial charge on any atom is -0.311 e. The number of rotatable bonds is 7. The second-order valence-corrected chi connectivity index (χ2v) is 4.35. The predicted octanol–water partition coefficient (Wildman–Crippen LogP) is 2.98. The van der Waals surface area contributed by atoms with E-state index in [-0.39, 0.29) is 5.56 Å². The van der Waals surface area contributed by atoms with Gasteiger partial charge in [-0.15, -0.1) is 0 Å². The van der Waals surface area contributed by atoms with Gasteiger partial charge in [0, 0.05) is 18.2 Å². The summed E-state index contributed by atoms with van der Waals surface area (Å²) in [6.07, 6.45) is 8.49. The van der Waals surface area contributed by atoms with E-state index in [0.29, 0.717) is 0 Å². The number of aromatic nitrogens is 2. The van der Waals surface area contributed by atoms with Crippen molar-refractivity contribution in [2.75, 3.05) is 0 Å². The van der Waals surface area contributed by atoms with Crippen molar-refractivity contribution in [2.45, 2.75) is 58.8 Å². The van der Waals surface area contributed by atoms with Gasteiger partial charge in [-0.2, -0.15) is 0 Å². The Morgan fingerprint density at radius 1 is 1.19 bits per heavy atom. The highest BCUT2D eigenvalue weighted by molar-refractivity contribution is 5.00. The number of H-pyrrole nitrogens is 1. The van der Waals surface area contributed by atoms with Gasteiger partial charge < -0.3 is 4.98 Å². The monoisotopic (exact) mass is 222 g/mol. The molecule has 1 aromatic heterocycles. The van der Waals surface area contributed by atoms with Crippen molar-refractivity contribution in [3.63, 3.8) is 0 Å². The van der Waals surface area contributed by atoms with Crippen molar-refractivity contribution in [2.24, 2.45) is 0 Å². The summed E-state index contributed by atoms with van der Waals surface area (Å²) in [4.78, 5) is 18.3. The molecule has 1 heterocycles. The molecule has 0 bridgehead atoms. The predicted molar refractivity (Wildman–Crippen MR) is 66.7 cm³/mol. The molecule has 0 fully saturated rings. The van der Waals surface area contributed by atoms with Gasteiger partial charge in [0.1, 0.15) is 5.82 Å². The number of nitrogens with zero attached hydrogens (tertiary/aromatic N) is 1. The van der Waals surface area contributed by atoms with Gasteiger partial charge in [0.25, 0.3) is 5.56 Å². The van der Waals surface area contributed by atoms with Crippen LogP contribution in [-0.4, -0.2) is 9.97 Å². The molecule has 0 radical (unpaired) electrons. The lowest BCUT2D eigenvalue weighted by atomic mass is 10.1. The van der Waals surface area contributed by atoms with E-state index >= 15 is 0 Å². The third-order valence-electron chi connectivity index (χ3n) is 2.69. The molecule has 0 amide bonds. The summed E-state index contributed by atoms with van der Waals surface area (Å²) in [6, 6.07) is 1.53. The molecule has 1 rings (SSSR count). The normalized spacial score (nSPS) is 10.6. The van der Waals surface area contributed by atoms with Crippen molar-refractivity contribution in [1.82, 2.24) is 9.97 Å².